The molecule has 0 unspecified atom stereocenters. The fraction of sp³-hybridized carbons (Fsp3) is 0.190. The number of aliphatic carboxylic acids is 1. The van der Waals surface area contributed by atoms with Gasteiger partial charge in [0.25, 0.3) is 0 Å². The van der Waals surface area contributed by atoms with Crippen LogP contribution >= 0.6 is 23.4 Å². The number of hydrogen-bond acceptors (Lipinski definition) is 4. The maximum absolute atomic E-state index is 13.3. The lowest BCUT2D eigenvalue weighted by Gasteiger charge is -2.14. The van der Waals surface area contributed by atoms with Crippen LogP contribution in [-0.2, 0) is 16.7 Å². The SMILES string of the molecule is Cc1oc(-c2ccc(Cl)cc2)cc1CSc1ccc(OCC(=O)O)c(C(F)(F)F)c1. The minimum Gasteiger partial charge on any atom is -0.481 e. The van der Waals surface area contributed by atoms with Gasteiger partial charge in [-0.1, -0.05) is 11.6 Å². The van der Waals surface area contributed by atoms with E-state index >= 15 is 0 Å². The van der Waals surface area contributed by atoms with Gasteiger partial charge in [0.1, 0.15) is 17.3 Å². The number of carboxylic acid groups (broad SMARTS) is 1. The summed E-state index contributed by atoms with van der Waals surface area (Å²) in [6.45, 7) is 0.941. The first kappa shape index (κ1) is 22.1. The highest BCUT2D eigenvalue weighted by Gasteiger charge is 2.35. The number of alkyl halides is 3. The molecule has 0 atom stereocenters. The molecule has 0 aliphatic carbocycles. The predicted molar refractivity (Wildman–Crippen MR) is 108 cm³/mol. The lowest BCUT2D eigenvalue weighted by Crippen LogP contribution is -2.14. The van der Waals surface area contributed by atoms with E-state index in [1.54, 1.807) is 19.1 Å². The molecule has 0 aliphatic heterocycles. The summed E-state index contributed by atoms with van der Waals surface area (Å²) in [5.74, 6) is -0.152. The zero-order valence-electron chi connectivity index (χ0n) is 15.6. The molecule has 2 aromatic carbocycles. The lowest BCUT2D eigenvalue weighted by atomic mass is 10.1. The third-order valence-corrected chi connectivity index (χ3v) is 5.45. The monoisotopic (exact) mass is 456 g/mol. The van der Waals surface area contributed by atoms with Crippen molar-refractivity contribution in [3.63, 3.8) is 0 Å². The molecule has 4 nitrogen and oxygen atoms in total. The van der Waals surface area contributed by atoms with Crippen LogP contribution in [0.3, 0.4) is 0 Å². The van der Waals surface area contributed by atoms with Crippen molar-refractivity contribution in [3.05, 3.63) is 70.4 Å². The van der Waals surface area contributed by atoms with E-state index in [2.05, 4.69) is 0 Å². The van der Waals surface area contributed by atoms with Gasteiger partial charge in [-0.2, -0.15) is 13.2 Å². The lowest BCUT2D eigenvalue weighted by molar-refractivity contribution is -0.143. The van der Waals surface area contributed by atoms with Crippen LogP contribution in [0.2, 0.25) is 5.02 Å². The summed E-state index contributed by atoms with van der Waals surface area (Å²) in [6, 6.07) is 12.5. The molecule has 0 amide bonds. The number of carboxylic acids is 1. The van der Waals surface area contributed by atoms with Crippen molar-refractivity contribution in [1.29, 1.82) is 0 Å². The Morgan fingerprint density at radius 1 is 1.17 bits per heavy atom. The number of ether oxygens (including phenoxy) is 1. The Kier molecular flexibility index (Phi) is 6.67. The van der Waals surface area contributed by atoms with Gasteiger partial charge in [0.2, 0.25) is 0 Å². The minimum atomic E-state index is -4.67. The van der Waals surface area contributed by atoms with Crippen molar-refractivity contribution in [2.24, 2.45) is 0 Å². The first-order valence-electron chi connectivity index (χ1n) is 8.67. The Morgan fingerprint density at radius 3 is 2.50 bits per heavy atom. The molecule has 30 heavy (non-hydrogen) atoms. The summed E-state index contributed by atoms with van der Waals surface area (Å²) in [5.41, 5.74) is 0.683. The van der Waals surface area contributed by atoms with Gasteiger partial charge in [0.15, 0.2) is 6.61 Å². The molecule has 0 fully saturated rings. The Labute approximate surface area is 179 Å². The summed E-state index contributed by atoms with van der Waals surface area (Å²) < 4.78 is 50.6. The number of aryl methyl sites for hydroxylation is 1. The summed E-state index contributed by atoms with van der Waals surface area (Å²) in [5, 5.41) is 9.24. The zero-order chi connectivity index (χ0) is 21.9. The van der Waals surface area contributed by atoms with Crippen LogP contribution < -0.4 is 4.74 Å². The van der Waals surface area contributed by atoms with Crippen LogP contribution in [0.5, 0.6) is 5.75 Å². The number of furan rings is 1. The molecule has 0 spiro atoms. The van der Waals surface area contributed by atoms with Gasteiger partial charge in [-0.15, -0.1) is 11.8 Å². The molecule has 3 rings (SSSR count). The van der Waals surface area contributed by atoms with E-state index in [1.807, 2.05) is 18.2 Å². The van der Waals surface area contributed by atoms with Crippen molar-refractivity contribution >= 4 is 29.3 Å². The topological polar surface area (TPSA) is 59.7 Å². The molecule has 0 saturated heterocycles. The Bertz CT molecular complexity index is 1050. The van der Waals surface area contributed by atoms with Crippen LogP contribution in [0, 0.1) is 6.92 Å². The van der Waals surface area contributed by atoms with Crippen molar-refractivity contribution in [1.82, 2.24) is 0 Å². The predicted octanol–water partition coefficient (Wildman–Crippen LogP) is 6.68. The first-order chi connectivity index (χ1) is 14.1. The normalized spacial score (nSPS) is 11.5. The van der Waals surface area contributed by atoms with Gasteiger partial charge in [0.05, 0.1) is 5.56 Å². The number of thioether (sulfide) groups is 1. The highest BCUT2D eigenvalue weighted by Crippen LogP contribution is 2.39. The van der Waals surface area contributed by atoms with E-state index in [1.165, 1.54) is 17.8 Å². The molecule has 158 valence electrons. The largest absolute Gasteiger partial charge is 0.481 e. The average Bonchev–Trinajstić information content (AvgIpc) is 3.05. The molecule has 0 bridgehead atoms. The van der Waals surface area contributed by atoms with Crippen LogP contribution in [0.15, 0.2) is 57.8 Å². The standard InChI is InChI=1S/C21H16ClF3O4S/c1-12-14(8-19(29-12)13-2-4-15(22)5-3-13)11-30-16-6-7-18(28-10-20(26)27)17(9-16)21(23,24)25/h2-9H,10-11H2,1H3,(H,26,27). The molecular weight excluding hydrogens is 441 g/mol. The summed E-state index contributed by atoms with van der Waals surface area (Å²) in [6.07, 6.45) is -4.67. The number of hydrogen-bond donors (Lipinski definition) is 1. The van der Waals surface area contributed by atoms with Gasteiger partial charge in [-0.05, 0) is 55.5 Å². The highest BCUT2D eigenvalue weighted by atomic mass is 35.5. The van der Waals surface area contributed by atoms with E-state index in [-0.39, 0.29) is 0 Å². The van der Waals surface area contributed by atoms with Gasteiger partial charge < -0.3 is 14.3 Å². The molecule has 3 aromatic rings. The Hall–Kier alpha value is -2.58. The zero-order valence-corrected chi connectivity index (χ0v) is 17.2. The summed E-state index contributed by atoms with van der Waals surface area (Å²) in [4.78, 5) is 11.0. The number of carbonyl (C=O) groups is 1. The molecule has 0 saturated carbocycles. The van der Waals surface area contributed by atoms with Crippen LogP contribution in [-0.4, -0.2) is 17.7 Å². The molecule has 0 aliphatic rings. The van der Waals surface area contributed by atoms with E-state index in [0.717, 1.165) is 23.3 Å². The van der Waals surface area contributed by atoms with Gasteiger partial charge >= 0.3 is 12.1 Å². The molecule has 1 N–H and O–H groups in total. The van der Waals surface area contributed by atoms with Crippen LogP contribution in [0.1, 0.15) is 16.9 Å². The number of halogens is 4. The molecular formula is C21H16ClF3O4S. The van der Waals surface area contributed by atoms with Crippen molar-refractivity contribution in [2.75, 3.05) is 6.61 Å². The first-order valence-corrected chi connectivity index (χ1v) is 10.0. The average molecular weight is 457 g/mol. The maximum Gasteiger partial charge on any atom is 0.420 e. The summed E-state index contributed by atoms with van der Waals surface area (Å²) >= 11 is 7.10. The Morgan fingerprint density at radius 2 is 1.87 bits per heavy atom. The van der Waals surface area contributed by atoms with Gasteiger partial charge in [0, 0.05) is 26.8 Å². The smallest absolute Gasteiger partial charge is 0.420 e. The third-order valence-electron chi connectivity index (χ3n) is 4.15. The Balaban J connectivity index is 1.77. The second-order valence-corrected chi connectivity index (χ2v) is 7.81. The highest BCUT2D eigenvalue weighted by molar-refractivity contribution is 7.98. The van der Waals surface area contributed by atoms with Crippen molar-refractivity contribution in [2.45, 2.75) is 23.7 Å². The van der Waals surface area contributed by atoms with Gasteiger partial charge in [-0.3, -0.25) is 0 Å². The molecule has 1 heterocycles. The van der Waals surface area contributed by atoms with Crippen LogP contribution in [0.25, 0.3) is 11.3 Å². The van der Waals surface area contributed by atoms with Crippen molar-refractivity contribution < 1.29 is 32.2 Å². The van der Waals surface area contributed by atoms with Crippen LogP contribution in [0.4, 0.5) is 13.2 Å². The second kappa shape index (κ2) is 9.06. The minimum absolute atomic E-state index is 0.374. The van der Waals surface area contributed by atoms with E-state index in [0.29, 0.717) is 27.2 Å². The molecule has 1 aromatic heterocycles. The molecule has 9 heteroatoms. The number of benzene rings is 2. The maximum atomic E-state index is 13.3. The fourth-order valence-corrected chi connectivity index (χ4v) is 3.77. The number of rotatable bonds is 7. The van der Waals surface area contributed by atoms with Crippen molar-refractivity contribution in [3.8, 4) is 17.1 Å². The third kappa shape index (κ3) is 5.52. The fourth-order valence-electron chi connectivity index (χ4n) is 2.67. The summed E-state index contributed by atoms with van der Waals surface area (Å²) in [7, 11) is 0. The second-order valence-electron chi connectivity index (χ2n) is 6.33. The van der Waals surface area contributed by atoms with E-state index in [4.69, 9.17) is 25.9 Å². The molecule has 0 radical (unpaired) electrons. The quantitative estimate of drug-likeness (QED) is 0.402. The van der Waals surface area contributed by atoms with E-state index in [9.17, 15) is 18.0 Å². The van der Waals surface area contributed by atoms with Gasteiger partial charge in [-0.25, -0.2) is 4.79 Å². The van der Waals surface area contributed by atoms with E-state index < -0.39 is 30.1 Å².